The number of benzene rings is 1. The molecule has 1 aliphatic rings. The lowest BCUT2D eigenvalue weighted by Crippen LogP contribution is -2.22. The van der Waals surface area contributed by atoms with Gasteiger partial charge >= 0.3 is 0 Å². The summed E-state index contributed by atoms with van der Waals surface area (Å²) in [5.41, 5.74) is 3.87. The molecule has 0 saturated heterocycles. The van der Waals surface area contributed by atoms with Crippen LogP contribution in [0.4, 0.5) is 5.00 Å². The van der Waals surface area contributed by atoms with Gasteiger partial charge in [0.15, 0.2) is 0 Å². The summed E-state index contributed by atoms with van der Waals surface area (Å²) in [4.78, 5) is 18.6. The number of thiophene rings is 1. The molecule has 4 nitrogen and oxygen atoms in total. The maximum absolute atomic E-state index is 12.7. The predicted octanol–water partition coefficient (Wildman–Crippen LogP) is 5.08. The fourth-order valence-corrected chi connectivity index (χ4v) is 5.60. The van der Waals surface area contributed by atoms with Crippen LogP contribution < -0.4 is 5.32 Å². The van der Waals surface area contributed by atoms with Crippen LogP contribution in [0.25, 0.3) is 10.9 Å². The molecular formula is C21H19N3OS2. The second kappa shape index (κ2) is 7.34. The van der Waals surface area contributed by atoms with Crippen LogP contribution in [-0.2, 0) is 17.6 Å². The van der Waals surface area contributed by atoms with E-state index in [1.165, 1.54) is 16.6 Å². The largest absolute Gasteiger partial charge is 0.316 e. The summed E-state index contributed by atoms with van der Waals surface area (Å²) >= 11 is 2.99. The van der Waals surface area contributed by atoms with Crippen LogP contribution in [0.2, 0.25) is 0 Å². The van der Waals surface area contributed by atoms with Crippen molar-refractivity contribution in [3.05, 3.63) is 51.9 Å². The van der Waals surface area contributed by atoms with Crippen LogP contribution in [0.5, 0.6) is 0 Å². The van der Waals surface area contributed by atoms with Crippen molar-refractivity contribution in [1.82, 2.24) is 4.98 Å². The normalized spacial score (nSPS) is 14.0. The molecule has 4 rings (SSSR count). The zero-order chi connectivity index (χ0) is 19.0. The van der Waals surface area contributed by atoms with Crippen molar-refractivity contribution >= 4 is 44.9 Å². The van der Waals surface area contributed by atoms with Crippen molar-refractivity contribution in [2.75, 3.05) is 5.32 Å². The molecule has 0 saturated carbocycles. The Labute approximate surface area is 166 Å². The van der Waals surface area contributed by atoms with E-state index in [0.29, 0.717) is 10.6 Å². The lowest BCUT2D eigenvalue weighted by molar-refractivity contribution is -0.115. The van der Waals surface area contributed by atoms with E-state index in [-0.39, 0.29) is 11.2 Å². The van der Waals surface area contributed by atoms with Gasteiger partial charge in [0.2, 0.25) is 5.91 Å². The number of nitrogens with one attached hydrogen (secondary N) is 1. The van der Waals surface area contributed by atoms with Gasteiger partial charge in [-0.2, -0.15) is 5.26 Å². The summed E-state index contributed by atoms with van der Waals surface area (Å²) in [7, 11) is 0. The number of nitrogens with zero attached hydrogens (tertiary/aromatic N) is 2. The molecule has 6 heteroatoms. The molecule has 27 heavy (non-hydrogen) atoms. The number of amides is 1. The third-order valence-corrected chi connectivity index (χ3v) is 7.06. The van der Waals surface area contributed by atoms with E-state index in [9.17, 15) is 10.1 Å². The number of pyridine rings is 1. The number of carbonyl (C=O) groups excluding carboxylic acids is 1. The zero-order valence-corrected chi connectivity index (χ0v) is 16.8. The Morgan fingerprint density at radius 3 is 3.00 bits per heavy atom. The van der Waals surface area contributed by atoms with E-state index in [0.717, 1.165) is 46.3 Å². The highest BCUT2D eigenvalue weighted by Gasteiger charge is 2.24. The molecule has 0 aliphatic heterocycles. The average molecular weight is 394 g/mol. The topological polar surface area (TPSA) is 65.8 Å². The van der Waals surface area contributed by atoms with Crippen molar-refractivity contribution in [2.45, 2.75) is 43.4 Å². The van der Waals surface area contributed by atoms with Gasteiger partial charge in [-0.1, -0.05) is 30.0 Å². The van der Waals surface area contributed by atoms with Gasteiger partial charge in [0.1, 0.15) is 11.1 Å². The fourth-order valence-electron chi connectivity index (χ4n) is 3.44. The lowest BCUT2D eigenvalue weighted by atomic mass is 10.1. The summed E-state index contributed by atoms with van der Waals surface area (Å²) in [6.45, 7) is 3.94. The molecule has 0 fully saturated rings. The van der Waals surface area contributed by atoms with Crippen molar-refractivity contribution in [1.29, 1.82) is 5.26 Å². The number of para-hydroxylation sites is 1. The number of carbonyl (C=O) groups is 1. The Morgan fingerprint density at radius 1 is 1.37 bits per heavy atom. The third kappa shape index (κ3) is 3.45. The van der Waals surface area contributed by atoms with Crippen LogP contribution in [0.3, 0.4) is 0 Å². The van der Waals surface area contributed by atoms with Gasteiger partial charge in [-0.3, -0.25) is 4.79 Å². The molecule has 0 radical (unpaired) electrons. The molecule has 1 amide bonds. The van der Waals surface area contributed by atoms with Crippen LogP contribution in [0.1, 0.15) is 34.9 Å². The van der Waals surface area contributed by atoms with Crippen LogP contribution >= 0.6 is 23.1 Å². The minimum absolute atomic E-state index is 0.0935. The first kappa shape index (κ1) is 18.0. The van der Waals surface area contributed by atoms with Crippen molar-refractivity contribution in [3.8, 4) is 6.07 Å². The Bertz CT molecular complexity index is 1080. The number of hydrogen-bond donors (Lipinski definition) is 1. The maximum Gasteiger partial charge on any atom is 0.238 e. The predicted molar refractivity (Wildman–Crippen MR) is 111 cm³/mol. The number of thioether (sulfide) groups is 1. The number of anilines is 1. The van der Waals surface area contributed by atoms with Crippen molar-refractivity contribution < 1.29 is 4.79 Å². The van der Waals surface area contributed by atoms with Crippen LogP contribution in [-0.4, -0.2) is 16.1 Å². The van der Waals surface area contributed by atoms with Gasteiger partial charge in [-0.05, 0) is 56.4 Å². The molecule has 0 unspecified atom stereocenters. The van der Waals surface area contributed by atoms with Gasteiger partial charge in [0.25, 0.3) is 0 Å². The molecule has 2 heterocycles. The van der Waals surface area contributed by atoms with Gasteiger partial charge in [0.05, 0.1) is 21.4 Å². The molecule has 1 aliphatic carbocycles. The molecule has 2 aromatic heterocycles. The Morgan fingerprint density at radius 2 is 2.19 bits per heavy atom. The maximum atomic E-state index is 12.7. The first-order valence-electron chi connectivity index (χ1n) is 8.95. The van der Waals surface area contributed by atoms with Crippen molar-refractivity contribution in [2.24, 2.45) is 0 Å². The second-order valence-electron chi connectivity index (χ2n) is 6.72. The van der Waals surface area contributed by atoms with Gasteiger partial charge in [-0.25, -0.2) is 4.98 Å². The van der Waals surface area contributed by atoms with Crippen molar-refractivity contribution in [3.63, 3.8) is 0 Å². The lowest BCUT2D eigenvalue weighted by Gasteiger charge is -2.12. The number of hydrogen-bond acceptors (Lipinski definition) is 5. The number of rotatable bonds is 4. The highest BCUT2D eigenvalue weighted by Crippen LogP contribution is 2.39. The van der Waals surface area contributed by atoms with Gasteiger partial charge in [0, 0.05) is 10.3 Å². The highest BCUT2D eigenvalue weighted by atomic mass is 32.2. The highest BCUT2D eigenvalue weighted by molar-refractivity contribution is 8.00. The smallest absolute Gasteiger partial charge is 0.238 e. The Hall–Kier alpha value is -2.36. The molecule has 1 aromatic carbocycles. The summed E-state index contributed by atoms with van der Waals surface area (Å²) in [5, 5.41) is 14.8. The zero-order valence-electron chi connectivity index (χ0n) is 15.2. The molecule has 1 N–H and O–H groups in total. The number of aromatic nitrogens is 1. The summed E-state index contributed by atoms with van der Waals surface area (Å²) < 4.78 is 0. The summed E-state index contributed by atoms with van der Waals surface area (Å²) in [5.74, 6) is -0.0935. The van der Waals surface area contributed by atoms with Gasteiger partial charge in [-0.15, -0.1) is 11.3 Å². The fraction of sp³-hybridized carbons (Fsp3) is 0.286. The molecule has 1 atom stereocenters. The summed E-state index contributed by atoms with van der Waals surface area (Å²) in [6, 6.07) is 12.3. The van der Waals surface area contributed by atoms with Crippen LogP contribution in [0.15, 0.2) is 35.4 Å². The number of aryl methyl sites for hydroxylation is 2. The minimum Gasteiger partial charge on any atom is -0.316 e. The standard InChI is InChI=1S/C21H19N3OS2/c1-12-10-19(23-17-8-4-3-6-14(12)17)26-13(2)20(25)24-21-16(11-22)15-7-5-9-18(15)27-21/h3-4,6,8,10,13H,5,7,9H2,1-2H3,(H,24,25)/t13-/m0/s1. The SMILES string of the molecule is Cc1cc(S[C@@H](C)C(=O)Nc2sc3c(c2C#N)CCC3)nc2ccccc12. The first-order valence-corrected chi connectivity index (χ1v) is 10.6. The molecule has 136 valence electrons. The van der Waals surface area contributed by atoms with E-state index < -0.39 is 0 Å². The molecular weight excluding hydrogens is 374 g/mol. The van der Waals surface area contributed by atoms with E-state index in [1.54, 1.807) is 11.3 Å². The first-order chi connectivity index (χ1) is 13.1. The van der Waals surface area contributed by atoms with Gasteiger partial charge < -0.3 is 5.32 Å². The monoisotopic (exact) mass is 393 g/mol. The summed E-state index contributed by atoms with van der Waals surface area (Å²) in [6.07, 6.45) is 3.05. The van der Waals surface area contributed by atoms with E-state index in [4.69, 9.17) is 0 Å². The van der Waals surface area contributed by atoms with E-state index in [1.807, 2.05) is 31.2 Å². The van der Waals surface area contributed by atoms with E-state index >= 15 is 0 Å². The number of fused-ring (bicyclic) bond motifs is 2. The minimum atomic E-state index is -0.304. The molecule has 3 aromatic rings. The number of nitriles is 1. The quantitative estimate of drug-likeness (QED) is 0.628. The Balaban J connectivity index is 1.51. The average Bonchev–Trinajstić information content (AvgIpc) is 3.22. The Kier molecular flexibility index (Phi) is 4.90. The molecule has 0 spiro atoms. The van der Waals surface area contributed by atoms with E-state index in [2.05, 4.69) is 29.4 Å². The van der Waals surface area contributed by atoms with Crippen LogP contribution in [0, 0.1) is 18.3 Å². The third-order valence-electron chi connectivity index (χ3n) is 4.84. The second-order valence-corrected chi connectivity index (χ2v) is 9.18. The molecule has 0 bridgehead atoms.